The number of carbonyl (C=O) groups excluding carboxylic acids is 1. The first-order chi connectivity index (χ1) is 12.6. The van der Waals surface area contributed by atoms with Gasteiger partial charge in [0.05, 0.1) is 34.0 Å². The van der Waals surface area contributed by atoms with E-state index in [4.69, 9.17) is 23.7 Å². The van der Waals surface area contributed by atoms with Crippen LogP contribution < -0.4 is 18.9 Å². The van der Waals surface area contributed by atoms with Crippen molar-refractivity contribution in [3.8, 4) is 23.0 Å². The molecule has 0 fully saturated rings. The van der Waals surface area contributed by atoms with Gasteiger partial charge in [0.1, 0.15) is 18.1 Å². The summed E-state index contributed by atoms with van der Waals surface area (Å²) in [5.74, 6) is 2.00. The molecule has 1 heterocycles. The van der Waals surface area contributed by atoms with Crippen LogP contribution in [0.1, 0.15) is 16.7 Å². The largest absolute Gasteiger partial charge is 0.497 e. The summed E-state index contributed by atoms with van der Waals surface area (Å²) in [5, 5.41) is 0. The number of esters is 1. The first kappa shape index (κ1) is 17.7. The smallest absolute Gasteiger partial charge is 0.339 e. The van der Waals surface area contributed by atoms with Crippen LogP contribution in [0.15, 0.2) is 30.3 Å². The van der Waals surface area contributed by atoms with E-state index in [0.29, 0.717) is 28.6 Å². The Hall–Kier alpha value is -3.15. The minimum absolute atomic E-state index is 0.186. The molecule has 1 aliphatic heterocycles. The first-order valence-corrected chi connectivity index (χ1v) is 7.97. The maximum Gasteiger partial charge on any atom is 0.339 e. The molecular formula is C20H20O6. The van der Waals surface area contributed by atoms with Gasteiger partial charge in [-0.05, 0) is 35.9 Å². The second kappa shape index (κ2) is 7.39. The lowest BCUT2D eigenvalue weighted by atomic mass is 9.95. The third kappa shape index (κ3) is 3.18. The Morgan fingerprint density at radius 3 is 2.23 bits per heavy atom. The van der Waals surface area contributed by atoms with E-state index >= 15 is 0 Å². The predicted molar refractivity (Wildman–Crippen MR) is 96.8 cm³/mol. The van der Waals surface area contributed by atoms with Gasteiger partial charge in [-0.15, -0.1) is 0 Å². The molecule has 136 valence electrons. The maximum absolute atomic E-state index is 12.4. The lowest BCUT2D eigenvalue weighted by Gasteiger charge is -2.21. The van der Waals surface area contributed by atoms with E-state index in [0.717, 1.165) is 16.7 Å². The molecule has 2 aromatic rings. The quantitative estimate of drug-likeness (QED) is 0.605. The van der Waals surface area contributed by atoms with Crippen molar-refractivity contribution in [1.82, 2.24) is 0 Å². The fraction of sp³-hybridized carbons (Fsp3) is 0.250. The molecule has 26 heavy (non-hydrogen) atoms. The molecule has 3 rings (SSSR count). The summed E-state index contributed by atoms with van der Waals surface area (Å²) in [4.78, 5) is 12.4. The first-order valence-electron chi connectivity index (χ1n) is 7.97. The topological polar surface area (TPSA) is 63.2 Å². The van der Waals surface area contributed by atoms with Crippen LogP contribution in [0.3, 0.4) is 0 Å². The zero-order valence-corrected chi connectivity index (χ0v) is 15.1. The highest BCUT2D eigenvalue weighted by Gasteiger charge is 2.26. The Balaban J connectivity index is 2.14. The van der Waals surface area contributed by atoms with E-state index in [9.17, 15) is 4.79 Å². The number of benzene rings is 2. The number of rotatable bonds is 5. The standard InChI is InChI=1S/C20H20O6/c1-22-14-6-5-12(17(9-14)23-2)7-16-15-10-19(25-4)18(24-3)8-13(15)11-26-20(16)21/h5-10H,11H2,1-4H3/b16-7-. The summed E-state index contributed by atoms with van der Waals surface area (Å²) in [6, 6.07) is 9.00. The molecule has 0 N–H and O–H groups in total. The molecule has 0 radical (unpaired) electrons. The van der Waals surface area contributed by atoms with Crippen LogP contribution in [0.25, 0.3) is 11.6 Å². The summed E-state index contributed by atoms with van der Waals surface area (Å²) in [7, 11) is 6.28. The lowest BCUT2D eigenvalue weighted by Crippen LogP contribution is -2.16. The molecule has 0 saturated carbocycles. The Morgan fingerprint density at radius 2 is 1.58 bits per heavy atom. The summed E-state index contributed by atoms with van der Waals surface area (Å²) >= 11 is 0. The average Bonchev–Trinajstić information content (AvgIpc) is 2.69. The molecule has 0 bridgehead atoms. The molecule has 0 unspecified atom stereocenters. The van der Waals surface area contributed by atoms with Gasteiger partial charge in [0.2, 0.25) is 0 Å². The molecule has 6 heteroatoms. The van der Waals surface area contributed by atoms with E-state index in [-0.39, 0.29) is 6.61 Å². The van der Waals surface area contributed by atoms with Crippen LogP contribution in [0.5, 0.6) is 23.0 Å². The van der Waals surface area contributed by atoms with Crippen molar-refractivity contribution >= 4 is 17.6 Å². The van der Waals surface area contributed by atoms with Crippen molar-refractivity contribution in [2.45, 2.75) is 6.61 Å². The van der Waals surface area contributed by atoms with Crippen LogP contribution in [0.2, 0.25) is 0 Å². The summed E-state index contributed by atoms with van der Waals surface area (Å²) in [6.07, 6.45) is 1.74. The van der Waals surface area contributed by atoms with Crippen molar-refractivity contribution in [2.75, 3.05) is 28.4 Å². The number of cyclic esters (lactones) is 1. The van der Waals surface area contributed by atoms with Gasteiger partial charge in [-0.1, -0.05) is 0 Å². The Labute approximate surface area is 151 Å². The van der Waals surface area contributed by atoms with E-state index in [1.165, 1.54) is 0 Å². The maximum atomic E-state index is 12.4. The zero-order chi connectivity index (χ0) is 18.7. The molecule has 0 aliphatic carbocycles. The van der Waals surface area contributed by atoms with Gasteiger partial charge in [-0.3, -0.25) is 0 Å². The molecule has 0 atom stereocenters. The number of ether oxygens (including phenoxy) is 5. The van der Waals surface area contributed by atoms with Crippen molar-refractivity contribution in [3.63, 3.8) is 0 Å². The Kier molecular flexibility index (Phi) is 5.02. The van der Waals surface area contributed by atoms with Gasteiger partial charge in [0.25, 0.3) is 0 Å². The van der Waals surface area contributed by atoms with Crippen LogP contribution in [-0.4, -0.2) is 34.4 Å². The van der Waals surface area contributed by atoms with Crippen molar-refractivity contribution < 1.29 is 28.5 Å². The molecule has 2 aromatic carbocycles. The highest BCUT2D eigenvalue weighted by atomic mass is 16.5. The molecule has 1 aliphatic rings. The average molecular weight is 356 g/mol. The number of methoxy groups -OCH3 is 4. The molecule has 0 aromatic heterocycles. The normalized spacial score (nSPS) is 14.5. The number of fused-ring (bicyclic) bond motifs is 1. The predicted octanol–water partition coefficient (Wildman–Crippen LogP) is 3.32. The van der Waals surface area contributed by atoms with Crippen LogP contribution in [0.4, 0.5) is 0 Å². The van der Waals surface area contributed by atoms with Crippen molar-refractivity contribution in [2.24, 2.45) is 0 Å². The van der Waals surface area contributed by atoms with Crippen LogP contribution in [-0.2, 0) is 16.1 Å². The summed E-state index contributed by atoms with van der Waals surface area (Å²) < 4.78 is 26.6. The second-order valence-electron chi connectivity index (χ2n) is 5.61. The van der Waals surface area contributed by atoms with Gasteiger partial charge in [-0.2, -0.15) is 0 Å². The minimum atomic E-state index is -0.400. The minimum Gasteiger partial charge on any atom is -0.497 e. The SMILES string of the molecule is COc1ccc(/C=C2\C(=O)OCc3cc(OC)c(OC)cc32)c(OC)c1. The van der Waals surface area contributed by atoms with E-state index in [2.05, 4.69) is 0 Å². The third-order valence-corrected chi connectivity index (χ3v) is 4.22. The van der Waals surface area contributed by atoms with Gasteiger partial charge >= 0.3 is 5.97 Å². The van der Waals surface area contributed by atoms with E-state index in [1.54, 1.807) is 52.7 Å². The molecule has 0 spiro atoms. The van der Waals surface area contributed by atoms with E-state index < -0.39 is 5.97 Å². The van der Waals surface area contributed by atoms with Crippen LogP contribution in [0, 0.1) is 0 Å². The highest BCUT2D eigenvalue weighted by molar-refractivity contribution is 6.23. The fourth-order valence-corrected chi connectivity index (χ4v) is 2.85. The number of hydrogen-bond acceptors (Lipinski definition) is 6. The van der Waals surface area contributed by atoms with Gasteiger partial charge in [0.15, 0.2) is 11.5 Å². The summed E-state index contributed by atoms with van der Waals surface area (Å²) in [6.45, 7) is 0.186. The molecule has 0 amide bonds. The van der Waals surface area contributed by atoms with Crippen molar-refractivity contribution in [3.05, 3.63) is 47.0 Å². The monoisotopic (exact) mass is 356 g/mol. The second-order valence-corrected chi connectivity index (χ2v) is 5.61. The molecular weight excluding hydrogens is 336 g/mol. The fourth-order valence-electron chi connectivity index (χ4n) is 2.85. The Morgan fingerprint density at radius 1 is 0.885 bits per heavy atom. The number of hydrogen-bond donors (Lipinski definition) is 0. The van der Waals surface area contributed by atoms with Gasteiger partial charge in [0, 0.05) is 17.2 Å². The molecule has 6 nitrogen and oxygen atoms in total. The van der Waals surface area contributed by atoms with Gasteiger partial charge in [-0.25, -0.2) is 4.79 Å². The number of carbonyl (C=O) groups is 1. The van der Waals surface area contributed by atoms with Gasteiger partial charge < -0.3 is 23.7 Å². The Bertz CT molecular complexity index is 869. The van der Waals surface area contributed by atoms with Crippen LogP contribution >= 0.6 is 0 Å². The lowest BCUT2D eigenvalue weighted by molar-refractivity contribution is -0.138. The highest BCUT2D eigenvalue weighted by Crippen LogP contribution is 2.38. The zero-order valence-electron chi connectivity index (χ0n) is 15.1. The van der Waals surface area contributed by atoms with Crippen molar-refractivity contribution in [1.29, 1.82) is 0 Å². The molecule has 0 saturated heterocycles. The summed E-state index contributed by atoms with van der Waals surface area (Å²) in [5.41, 5.74) is 2.76. The third-order valence-electron chi connectivity index (χ3n) is 4.22. The van der Waals surface area contributed by atoms with E-state index in [1.807, 2.05) is 12.1 Å².